The molecule has 0 saturated carbocycles. The largest absolute Gasteiger partial charge is 0.477 e. The Balaban J connectivity index is 2.40. The van der Waals surface area contributed by atoms with E-state index in [0.29, 0.717) is 18.0 Å². The fourth-order valence-corrected chi connectivity index (χ4v) is 1.97. The molecule has 0 aliphatic heterocycles. The zero-order valence-corrected chi connectivity index (χ0v) is 9.63. The first-order valence-corrected chi connectivity index (χ1v) is 5.49. The maximum atomic E-state index is 10.6. The van der Waals surface area contributed by atoms with Crippen LogP contribution in [0.25, 0.3) is 0 Å². The molecule has 0 bridgehead atoms. The number of carboxylic acid groups (broad SMARTS) is 1. The summed E-state index contributed by atoms with van der Waals surface area (Å²) >= 11 is 1.30. The maximum absolute atomic E-state index is 10.6. The lowest BCUT2D eigenvalue weighted by atomic mass is 10.3. The zero-order chi connectivity index (χ0) is 11.3. The molecule has 15 heavy (non-hydrogen) atoms. The summed E-state index contributed by atoms with van der Waals surface area (Å²) in [5, 5.41) is 12.0. The predicted molar refractivity (Wildman–Crippen MR) is 59.5 cm³/mol. The van der Waals surface area contributed by atoms with E-state index in [1.165, 1.54) is 11.3 Å². The molecule has 0 fully saturated rings. The van der Waals surface area contributed by atoms with Crippen LogP contribution in [-0.2, 0) is 11.3 Å². The normalized spacial score (nSPS) is 12.7. The Morgan fingerprint density at radius 2 is 2.40 bits per heavy atom. The van der Waals surface area contributed by atoms with Gasteiger partial charge in [-0.2, -0.15) is 0 Å². The third-order valence-electron chi connectivity index (χ3n) is 1.91. The van der Waals surface area contributed by atoms with Crippen LogP contribution in [0.15, 0.2) is 12.1 Å². The van der Waals surface area contributed by atoms with Gasteiger partial charge in [-0.1, -0.05) is 0 Å². The monoisotopic (exact) mass is 229 g/mol. The first-order valence-electron chi connectivity index (χ1n) is 4.67. The number of carbonyl (C=O) groups is 1. The van der Waals surface area contributed by atoms with Crippen molar-refractivity contribution >= 4 is 17.3 Å². The number of rotatable bonds is 6. The van der Waals surface area contributed by atoms with Crippen molar-refractivity contribution in [3.63, 3.8) is 0 Å². The highest BCUT2D eigenvalue weighted by atomic mass is 32.1. The second kappa shape index (κ2) is 5.85. The molecule has 0 radical (unpaired) electrons. The second-order valence-electron chi connectivity index (χ2n) is 3.31. The number of thiophene rings is 1. The highest BCUT2D eigenvalue weighted by Crippen LogP contribution is 2.16. The molecule has 0 amide bonds. The first-order chi connectivity index (χ1) is 7.13. The Labute approximate surface area is 92.9 Å². The van der Waals surface area contributed by atoms with Crippen LogP contribution in [0.5, 0.6) is 0 Å². The molecular formula is C10H15NO3S. The minimum absolute atomic E-state index is 0.269. The number of methoxy groups -OCH3 is 1. The molecule has 1 aromatic rings. The SMILES string of the molecule is COCC(C)NCc1ccc(C(=O)O)s1. The summed E-state index contributed by atoms with van der Waals surface area (Å²) in [7, 11) is 1.66. The molecule has 4 nitrogen and oxygen atoms in total. The van der Waals surface area contributed by atoms with Gasteiger partial charge in [0, 0.05) is 24.6 Å². The average Bonchev–Trinajstić information content (AvgIpc) is 2.63. The fraction of sp³-hybridized carbons (Fsp3) is 0.500. The van der Waals surface area contributed by atoms with Crippen molar-refractivity contribution in [3.05, 3.63) is 21.9 Å². The summed E-state index contributed by atoms with van der Waals surface area (Å²) in [6.45, 7) is 3.36. The quantitative estimate of drug-likeness (QED) is 0.777. The van der Waals surface area contributed by atoms with Crippen molar-refractivity contribution < 1.29 is 14.6 Å². The van der Waals surface area contributed by atoms with Crippen molar-refractivity contribution in [2.24, 2.45) is 0 Å². The molecule has 0 aliphatic carbocycles. The molecule has 2 N–H and O–H groups in total. The lowest BCUT2D eigenvalue weighted by Crippen LogP contribution is -2.29. The molecule has 1 rings (SSSR count). The van der Waals surface area contributed by atoms with E-state index in [1.807, 2.05) is 13.0 Å². The highest BCUT2D eigenvalue weighted by Gasteiger charge is 2.07. The maximum Gasteiger partial charge on any atom is 0.345 e. The summed E-state index contributed by atoms with van der Waals surface area (Å²) < 4.78 is 4.98. The molecule has 5 heteroatoms. The molecule has 0 aromatic carbocycles. The summed E-state index contributed by atoms with van der Waals surface area (Å²) in [5.74, 6) is -0.865. The van der Waals surface area contributed by atoms with E-state index < -0.39 is 5.97 Å². The average molecular weight is 229 g/mol. The van der Waals surface area contributed by atoms with Gasteiger partial charge in [-0.25, -0.2) is 4.79 Å². The standard InChI is InChI=1S/C10H15NO3S/c1-7(6-14-2)11-5-8-3-4-9(15-8)10(12)13/h3-4,7,11H,5-6H2,1-2H3,(H,12,13). The molecule has 0 spiro atoms. The third kappa shape index (κ3) is 3.99. The van der Waals surface area contributed by atoms with Gasteiger partial charge in [0.2, 0.25) is 0 Å². The van der Waals surface area contributed by atoms with Crippen molar-refractivity contribution in [1.29, 1.82) is 0 Å². The van der Waals surface area contributed by atoms with Crippen LogP contribution < -0.4 is 5.32 Å². The summed E-state index contributed by atoms with van der Waals surface area (Å²) in [6, 6.07) is 3.73. The van der Waals surface area contributed by atoms with Crippen LogP contribution in [0.2, 0.25) is 0 Å². The van der Waals surface area contributed by atoms with Gasteiger partial charge in [0.1, 0.15) is 4.88 Å². The number of hydrogen-bond donors (Lipinski definition) is 2. The first kappa shape index (κ1) is 12.2. The third-order valence-corrected chi connectivity index (χ3v) is 2.99. The van der Waals surface area contributed by atoms with Crippen LogP contribution in [0.4, 0.5) is 0 Å². The van der Waals surface area contributed by atoms with Crippen molar-refractivity contribution in [2.45, 2.75) is 19.5 Å². The van der Waals surface area contributed by atoms with Gasteiger partial charge in [0.15, 0.2) is 0 Å². The molecule has 0 aliphatic rings. The highest BCUT2D eigenvalue weighted by molar-refractivity contribution is 7.13. The number of carboxylic acids is 1. The number of ether oxygens (including phenoxy) is 1. The van der Waals surface area contributed by atoms with Gasteiger partial charge in [0.05, 0.1) is 6.61 Å². The van der Waals surface area contributed by atoms with E-state index in [1.54, 1.807) is 13.2 Å². The molecule has 1 heterocycles. The van der Waals surface area contributed by atoms with Crippen molar-refractivity contribution in [1.82, 2.24) is 5.32 Å². The molecule has 1 unspecified atom stereocenters. The lowest BCUT2D eigenvalue weighted by Gasteiger charge is -2.11. The van der Waals surface area contributed by atoms with E-state index in [4.69, 9.17) is 9.84 Å². The Hall–Kier alpha value is -0.910. The van der Waals surface area contributed by atoms with Gasteiger partial charge in [-0.15, -0.1) is 11.3 Å². The summed E-state index contributed by atoms with van der Waals surface area (Å²) in [5.41, 5.74) is 0. The van der Waals surface area contributed by atoms with E-state index >= 15 is 0 Å². The van der Waals surface area contributed by atoms with E-state index in [9.17, 15) is 4.79 Å². The number of aromatic carboxylic acids is 1. The van der Waals surface area contributed by atoms with Gasteiger partial charge < -0.3 is 15.2 Å². The van der Waals surface area contributed by atoms with Gasteiger partial charge >= 0.3 is 5.97 Å². The van der Waals surface area contributed by atoms with Gasteiger partial charge in [-0.3, -0.25) is 0 Å². The van der Waals surface area contributed by atoms with Gasteiger partial charge in [-0.05, 0) is 19.1 Å². The fourth-order valence-electron chi connectivity index (χ4n) is 1.17. The van der Waals surface area contributed by atoms with Crippen LogP contribution in [-0.4, -0.2) is 30.8 Å². The molecule has 0 saturated heterocycles. The number of hydrogen-bond acceptors (Lipinski definition) is 4. The number of nitrogens with one attached hydrogen (secondary N) is 1. The summed E-state index contributed by atoms with van der Waals surface area (Å²) in [4.78, 5) is 12.0. The smallest absolute Gasteiger partial charge is 0.345 e. The van der Waals surface area contributed by atoms with Crippen molar-refractivity contribution in [3.8, 4) is 0 Å². The molecule has 1 aromatic heterocycles. The molecule has 84 valence electrons. The van der Waals surface area contributed by atoms with E-state index in [-0.39, 0.29) is 6.04 Å². The summed E-state index contributed by atoms with van der Waals surface area (Å²) in [6.07, 6.45) is 0. The van der Waals surface area contributed by atoms with E-state index in [2.05, 4.69) is 5.32 Å². The molecule has 1 atom stereocenters. The Morgan fingerprint density at radius 1 is 1.67 bits per heavy atom. The van der Waals surface area contributed by atoms with Crippen LogP contribution in [0.1, 0.15) is 21.5 Å². The van der Waals surface area contributed by atoms with Crippen LogP contribution >= 0.6 is 11.3 Å². The minimum atomic E-state index is -0.865. The zero-order valence-electron chi connectivity index (χ0n) is 8.82. The second-order valence-corrected chi connectivity index (χ2v) is 4.48. The van der Waals surface area contributed by atoms with Crippen molar-refractivity contribution in [2.75, 3.05) is 13.7 Å². The van der Waals surface area contributed by atoms with E-state index in [0.717, 1.165) is 4.88 Å². The minimum Gasteiger partial charge on any atom is -0.477 e. The van der Waals surface area contributed by atoms with Gasteiger partial charge in [0.25, 0.3) is 0 Å². The Morgan fingerprint density at radius 3 is 2.93 bits per heavy atom. The van der Waals surface area contributed by atoms with Crippen LogP contribution in [0, 0.1) is 0 Å². The Bertz CT molecular complexity index is 324. The van der Waals surface area contributed by atoms with Crippen LogP contribution in [0.3, 0.4) is 0 Å². The predicted octanol–water partition coefficient (Wildman–Crippen LogP) is 1.57. The Kier molecular flexibility index (Phi) is 4.74. The molecular weight excluding hydrogens is 214 g/mol. The topological polar surface area (TPSA) is 58.6 Å². The lowest BCUT2D eigenvalue weighted by molar-refractivity contribution is 0.0702.